The summed E-state index contributed by atoms with van der Waals surface area (Å²) in [6, 6.07) is 14.8. The highest BCUT2D eigenvalue weighted by molar-refractivity contribution is 6.36. The average molecular weight is 455 g/mol. The van der Waals surface area contributed by atoms with Crippen molar-refractivity contribution in [3.8, 4) is 11.3 Å². The molecule has 158 valence electrons. The molecule has 1 amide bonds. The highest BCUT2D eigenvalue weighted by atomic mass is 35.5. The third-order valence-electron chi connectivity index (χ3n) is 5.07. The van der Waals surface area contributed by atoms with Crippen LogP contribution in [-0.4, -0.2) is 20.8 Å². The van der Waals surface area contributed by atoms with Crippen molar-refractivity contribution in [1.82, 2.24) is 14.9 Å². The number of hydrogen-bond acceptors (Lipinski definition) is 4. The van der Waals surface area contributed by atoms with Crippen LogP contribution in [0.5, 0.6) is 0 Å². The van der Waals surface area contributed by atoms with E-state index < -0.39 is 0 Å². The monoisotopic (exact) mass is 454 g/mol. The molecule has 0 bridgehead atoms. The Hall–Kier alpha value is -3.09. The fourth-order valence-corrected chi connectivity index (χ4v) is 3.80. The Morgan fingerprint density at radius 3 is 2.42 bits per heavy atom. The average Bonchev–Trinajstić information content (AvgIpc) is 3.32. The van der Waals surface area contributed by atoms with E-state index in [1.165, 1.54) is 0 Å². The molecule has 0 aliphatic carbocycles. The molecule has 2 heterocycles. The number of nitrogens with one attached hydrogen (secondary N) is 1. The fourth-order valence-electron chi connectivity index (χ4n) is 3.28. The molecule has 0 spiro atoms. The van der Waals surface area contributed by atoms with Crippen molar-refractivity contribution in [1.29, 1.82) is 0 Å². The number of benzene rings is 2. The van der Waals surface area contributed by atoms with Gasteiger partial charge in [0, 0.05) is 27.2 Å². The Morgan fingerprint density at radius 1 is 1.06 bits per heavy atom. The van der Waals surface area contributed by atoms with Crippen LogP contribution < -0.4 is 5.32 Å². The first kappa shape index (κ1) is 21.2. The predicted molar refractivity (Wildman–Crippen MR) is 122 cm³/mol. The van der Waals surface area contributed by atoms with Crippen LogP contribution in [-0.2, 0) is 6.54 Å². The zero-order chi connectivity index (χ0) is 22.1. The van der Waals surface area contributed by atoms with E-state index in [1.54, 1.807) is 28.9 Å². The summed E-state index contributed by atoms with van der Waals surface area (Å²) in [7, 11) is 0. The SMILES string of the molecule is Cc1ccc(-c2cc(C(=O)Nc3c(C)nn(Cc4c(Cl)cccc4Cl)c3C)no2)cc1. The molecule has 0 aliphatic rings. The minimum atomic E-state index is -0.372. The van der Waals surface area contributed by atoms with Crippen molar-refractivity contribution < 1.29 is 9.32 Å². The summed E-state index contributed by atoms with van der Waals surface area (Å²) in [4.78, 5) is 12.8. The van der Waals surface area contributed by atoms with Crippen LogP contribution in [0, 0.1) is 20.8 Å². The number of carbonyl (C=O) groups is 1. The van der Waals surface area contributed by atoms with Crippen LogP contribution in [0.15, 0.2) is 53.1 Å². The molecule has 0 atom stereocenters. The normalized spacial score (nSPS) is 11.0. The summed E-state index contributed by atoms with van der Waals surface area (Å²) in [5.41, 5.74) is 5.04. The van der Waals surface area contributed by atoms with E-state index in [1.807, 2.05) is 45.0 Å². The molecule has 0 radical (unpaired) electrons. The Labute approximate surface area is 189 Å². The van der Waals surface area contributed by atoms with Gasteiger partial charge in [0.25, 0.3) is 5.91 Å². The van der Waals surface area contributed by atoms with E-state index in [9.17, 15) is 4.79 Å². The van der Waals surface area contributed by atoms with Gasteiger partial charge in [0.1, 0.15) is 0 Å². The zero-order valence-corrected chi connectivity index (χ0v) is 18.8. The summed E-state index contributed by atoms with van der Waals surface area (Å²) >= 11 is 12.6. The quantitative estimate of drug-likeness (QED) is 0.396. The number of halogens is 2. The second-order valence-corrected chi connectivity index (χ2v) is 8.11. The highest BCUT2D eigenvalue weighted by Gasteiger charge is 2.19. The predicted octanol–water partition coefficient (Wildman–Crippen LogP) is 6.07. The summed E-state index contributed by atoms with van der Waals surface area (Å²) in [6.07, 6.45) is 0. The Morgan fingerprint density at radius 2 is 1.74 bits per heavy atom. The number of amides is 1. The summed E-state index contributed by atoms with van der Waals surface area (Å²) in [5, 5.41) is 12.5. The van der Waals surface area contributed by atoms with Crippen molar-refractivity contribution in [2.24, 2.45) is 0 Å². The van der Waals surface area contributed by atoms with Gasteiger partial charge in [0.15, 0.2) is 11.5 Å². The van der Waals surface area contributed by atoms with E-state index in [0.717, 1.165) is 22.4 Å². The standard InChI is InChI=1S/C23H20Cl2N4O2/c1-13-7-9-16(10-8-13)21-11-20(28-31-21)23(30)26-22-14(2)27-29(15(22)3)12-17-18(24)5-4-6-19(17)25/h4-11H,12H2,1-3H3,(H,26,30). The lowest BCUT2D eigenvalue weighted by Gasteiger charge is -2.09. The molecule has 1 N–H and O–H groups in total. The molecule has 0 fully saturated rings. The number of anilines is 1. The molecule has 8 heteroatoms. The first-order valence-corrected chi connectivity index (χ1v) is 10.4. The van der Waals surface area contributed by atoms with Gasteiger partial charge in [0.2, 0.25) is 0 Å². The second-order valence-electron chi connectivity index (χ2n) is 7.30. The second kappa shape index (κ2) is 8.57. The number of nitrogens with zero attached hydrogens (tertiary/aromatic N) is 3. The molecule has 0 saturated carbocycles. The Balaban J connectivity index is 1.55. The van der Waals surface area contributed by atoms with Gasteiger partial charge in [-0.15, -0.1) is 0 Å². The van der Waals surface area contributed by atoms with E-state index in [4.69, 9.17) is 27.7 Å². The van der Waals surface area contributed by atoms with Gasteiger partial charge in [-0.2, -0.15) is 5.10 Å². The molecule has 4 rings (SSSR count). The minimum absolute atomic E-state index is 0.191. The number of carbonyl (C=O) groups excluding carboxylic acids is 1. The molecule has 0 aliphatic heterocycles. The van der Waals surface area contributed by atoms with E-state index in [2.05, 4.69) is 15.6 Å². The summed E-state index contributed by atoms with van der Waals surface area (Å²) in [5.74, 6) is 0.159. The minimum Gasteiger partial charge on any atom is -0.355 e. The van der Waals surface area contributed by atoms with Crippen molar-refractivity contribution >= 4 is 34.8 Å². The van der Waals surface area contributed by atoms with Gasteiger partial charge in [-0.05, 0) is 32.9 Å². The topological polar surface area (TPSA) is 73.0 Å². The molecule has 31 heavy (non-hydrogen) atoms. The molecule has 6 nitrogen and oxygen atoms in total. The smallest absolute Gasteiger partial charge is 0.277 e. The largest absolute Gasteiger partial charge is 0.355 e. The lowest BCUT2D eigenvalue weighted by Crippen LogP contribution is -2.13. The number of rotatable bonds is 5. The van der Waals surface area contributed by atoms with E-state index >= 15 is 0 Å². The maximum Gasteiger partial charge on any atom is 0.277 e. The van der Waals surface area contributed by atoms with Crippen molar-refractivity contribution in [3.05, 3.63) is 86.8 Å². The number of aryl methyl sites for hydroxylation is 2. The molecule has 0 unspecified atom stereocenters. The maximum absolute atomic E-state index is 12.8. The van der Waals surface area contributed by atoms with Crippen LogP contribution in [0.4, 0.5) is 5.69 Å². The van der Waals surface area contributed by atoms with Gasteiger partial charge in [-0.3, -0.25) is 9.48 Å². The number of aromatic nitrogens is 3. The highest BCUT2D eigenvalue weighted by Crippen LogP contribution is 2.28. The van der Waals surface area contributed by atoms with Gasteiger partial charge in [-0.1, -0.05) is 64.3 Å². The van der Waals surface area contributed by atoms with Gasteiger partial charge in [0.05, 0.1) is 23.6 Å². The van der Waals surface area contributed by atoms with Crippen molar-refractivity contribution in [2.75, 3.05) is 5.32 Å². The van der Waals surface area contributed by atoms with Crippen molar-refractivity contribution in [2.45, 2.75) is 27.3 Å². The van der Waals surface area contributed by atoms with E-state index in [-0.39, 0.29) is 11.6 Å². The molecule has 2 aromatic carbocycles. The van der Waals surface area contributed by atoms with Crippen LogP contribution in [0.3, 0.4) is 0 Å². The molecule has 4 aromatic rings. The lowest BCUT2D eigenvalue weighted by atomic mass is 10.1. The van der Waals surface area contributed by atoms with Crippen molar-refractivity contribution in [3.63, 3.8) is 0 Å². The first-order chi connectivity index (χ1) is 14.8. The Bertz CT molecular complexity index is 1240. The maximum atomic E-state index is 12.8. The van der Waals surface area contributed by atoms with Crippen LogP contribution in [0.2, 0.25) is 10.0 Å². The lowest BCUT2D eigenvalue weighted by molar-refractivity contribution is 0.101. The number of hydrogen-bond donors (Lipinski definition) is 1. The van der Waals surface area contributed by atoms with Crippen LogP contribution >= 0.6 is 23.2 Å². The zero-order valence-electron chi connectivity index (χ0n) is 17.2. The van der Waals surface area contributed by atoms with Crippen LogP contribution in [0.25, 0.3) is 11.3 Å². The summed E-state index contributed by atoms with van der Waals surface area (Å²) in [6.45, 7) is 6.10. The van der Waals surface area contributed by atoms with E-state index in [0.29, 0.717) is 33.7 Å². The van der Waals surface area contributed by atoms with Gasteiger partial charge >= 0.3 is 0 Å². The van der Waals surface area contributed by atoms with Gasteiger partial charge in [-0.25, -0.2) is 0 Å². The molecule has 2 aromatic heterocycles. The summed E-state index contributed by atoms with van der Waals surface area (Å²) < 4.78 is 7.12. The van der Waals surface area contributed by atoms with Crippen LogP contribution in [0.1, 0.15) is 33.0 Å². The third-order valence-corrected chi connectivity index (χ3v) is 5.78. The fraction of sp³-hybridized carbons (Fsp3) is 0.174. The van der Waals surface area contributed by atoms with Gasteiger partial charge < -0.3 is 9.84 Å². The third kappa shape index (κ3) is 4.36. The molecular formula is C23H20Cl2N4O2. The Kier molecular flexibility index (Phi) is 5.85. The molecular weight excluding hydrogens is 435 g/mol. The first-order valence-electron chi connectivity index (χ1n) is 9.65. The molecule has 0 saturated heterocycles.